The number of nitrogens with zero attached hydrogens (tertiary/aromatic N) is 2. The Morgan fingerprint density at radius 2 is 1.83 bits per heavy atom. The van der Waals surface area contributed by atoms with E-state index in [9.17, 15) is 0 Å². The van der Waals surface area contributed by atoms with Gasteiger partial charge in [-0.3, -0.25) is 0 Å². The van der Waals surface area contributed by atoms with Gasteiger partial charge in [-0.2, -0.15) is 4.98 Å². The Kier molecular flexibility index (Phi) is 12.7. The molecule has 1 heterocycles. The van der Waals surface area contributed by atoms with Gasteiger partial charge in [0.1, 0.15) is 5.82 Å². The molecular formula is C19H32N4S. The molecule has 0 aliphatic heterocycles. The lowest BCUT2D eigenvalue weighted by atomic mass is 10.3. The Balaban J connectivity index is 0.00000123. The van der Waals surface area contributed by atoms with Crippen molar-refractivity contribution < 1.29 is 0 Å². The topological polar surface area (TPSA) is 49.8 Å². The van der Waals surface area contributed by atoms with Crippen LogP contribution in [0.4, 0.5) is 17.5 Å². The molecule has 0 amide bonds. The Morgan fingerprint density at radius 1 is 1.12 bits per heavy atom. The molecule has 1 aromatic carbocycles. The lowest BCUT2D eigenvalue weighted by Crippen LogP contribution is -2.06. The van der Waals surface area contributed by atoms with E-state index in [0.717, 1.165) is 30.0 Å². The van der Waals surface area contributed by atoms with Crippen molar-refractivity contribution >= 4 is 29.2 Å². The first-order valence-corrected chi connectivity index (χ1v) is 9.94. The van der Waals surface area contributed by atoms with Crippen LogP contribution in [0.25, 0.3) is 0 Å². The highest BCUT2D eigenvalue weighted by atomic mass is 32.2. The maximum atomic E-state index is 4.52. The van der Waals surface area contributed by atoms with E-state index < -0.39 is 0 Å². The minimum Gasteiger partial charge on any atom is -0.354 e. The van der Waals surface area contributed by atoms with E-state index in [0.29, 0.717) is 5.95 Å². The van der Waals surface area contributed by atoms with Gasteiger partial charge in [0.25, 0.3) is 0 Å². The van der Waals surface area contributed by atoms with Gasteiger partial charge in [-0.25, -0.2) is 4.98 Å². The zero-order valence-corrected chi connectivity index (χ0v) is 16.9. The van der Waals surface area contributed by atoms with Crippen LogP contribution in [-0.2, 0) is 0 Å². The van der Waals surface area contributed by atoms with Crippen molar-refractivity contribution in [3.63, 3.8) is 0 Å². The monoisotopic (exact) mass is 348 g/mol. The number of aryl methyl sites for hydroxylation is 1. The van der Waals surface area contributed by atoms with Crippen LogP contribution in [0.15, 0.2) is 35.4 Å². The van der Waals surface area contributed by atoms with Gasteiger partial charge in [-0.1, -0.05) is 40.7 Å². The van der Waals surface area contributed by atoms with Crippen LogP contribution in [0.1, 0.15) is 46.6 Å². The second-order valence-corrected chi connectivity index (χ2v) is 5.39. The van der Waals surface area contributed by atoms with Crippen LogP contribution >= 0.6 is 11.8 Å². The lowest BCUT2D eigenvalue weighted by molar-refractivity contribution is 0.950. The van der Waals surface area contributed by atoms with Crippen molar-refractivity contribution in [1.29, 1.82) is 0 Å². The fourth-order valence-electron chi connectivity index (χ4n) is 1.73. The highest BCUT2D eigenvalue weighted by molar-refractivity contribution is 7.98. The van der Waals surface area contributed by atoms with E-state index in [2.05, 4.69) is 45.9 Å². The summed E-state index contributed by atoms with van der Waals surface area (Å²) in [4.78, 5) is 10.0. The quantitative estimate of drug-likeness (QED) is 0.615. The molecule has 134 valence electrons. The number of hydrogen-bond donors (Lipinski definition) is 2. The fourth-order valence-corrected chi connectivity index (χ4v) is 2.19. The van der Waals surface area contributed by atoms with Gasteiger partial charge in [0.15, 0.2) is 0 Å². The average molecular weight is 349 g/mol. The first-order chi connectivity index (χ1) is 11.7. The van der Waals surface area contributed by atoms with E-state index in [1.165, 1.54) is 4.90 Å². The number of aromatic nitrogens is 2. The average Bonchev–Trinajstić information content (AvgIpc) is 2.66. The lowest BCUT2D eigenvalue weighted by Gasteiger charge is -2.11. The number of hydrogen-bond acceptors (Lipinski definition) is 5. The molecule has 2 aromatic rings. The molecule has 2 N–H and O–H groups in total. The molecule has 0 aliphatic carbocycles. The second kappa shape index (κ2) is 13.7. The molecule has 24 heavy (non-hydrogen) atoms. The molecule has 0 aliphatic rings. The summed E-state index contributed by atoms with van der Waals surface area (Å²) in [6, 6.07) is 8.30. The van der Waals surface area contributed by atoms with Crippen molar-refractivity contribution in [2.24, 2.45) is 0 Å². The smallest absolute Gasteiger partial charge is 0.224 e. The molecule has 0 spiro atoms. The largest absolute Gasteiger partial charge is 0.354 e. The summed E-state index contributed by atoms with van der Waals surface area (Å²) in [6.07, 6.45) is 4.96. The molecule has 0 atom stereocenters. The number of anilines is 3. The Morgan fingerprint density at radius 3 is 2.46 bits per heavy atom. The standard InChI is InChI=1S/C15H20N4S.2C2H6/c1-4-8-16-15-17-10-11(2)14(19-15)18-12-6-5-7-13(9-12)20-3;2*1-2/h5-7,9-10H,4,8H2,1-3H3,(H2,16,17,18,19);2*1-2H3. The van der Waals surface area contributed by atoms with E-state index in [-0.39, 0.29) is 0 Å². The van der Waals surface area contributed by atoms with Crippen LogP contribution in [0.2, 0.25) is 0 Å². The summed E-state index contributed by atoms with van der Waals surface area (Å²) in [6.45, 7) is 13.0. The van der Waals surface area contributed by atoms with Crippen LogP contribution in [0.3, 0.4) is 0 Å². The molecule has 0 unspecified atom stereocenters. The zero-order chi connectivity index (χ0) is 18.4. The third-order valence-electron chi connectivity index (χ3n) is 2.84. The SMILES string of the molecule is CC.CC.CCCNc1ncc(C)c(Nc2cccc(SC)c2)n1. The minimum absolute atomic E-state index is 0.668. The van der Waals surface area contributed by atoms with Gasteiger partial charge in [0.2, 0.25) is 5.95 Å². The van der Waals surface area contributed by atoms with Crippen molar-refractivity contribution in [2.75, 3.05) is 23.4 Å². The Hall–Kier alpha value is -1.75. The van der Waals surface area contributed by atoms with Crippen LogP contribution in [-0.4, -0.2) is 22.8 Å². The predicted molar refractivity (Wildman–Crippen MR) is 110 cm³/mol. The molecule has 2 rings (SSSR count). The van der Waals surface area contributed by atoms with Crippen molar-refractivity contribution in [3.05, 3.63) is 36.0 Å². The highest BCUT2D eigenvalue weighted by Crippen LogP contribution is 2.23. The van der Waals surface area contributed by atoms with Crippen molar-refractivity contribution in [2.45, 2.75) is 52.9 Å². The third-order valence-corrected chi connectivity index (χ3v) is 3.56. The summed E-state index contributed by atoms with van der Waals surface area (Å²) in [5.74, 6) is 1.51. The maximum Gasteiger partial charge on any atom is 0.224 e. The van der Waals surface area contributed by atoms with Gasteiger partial charge in [0.05, 0.1) is 0 Å². The Bertz CT molecular complexity index is 573. The summed E-state index contributed by atoms with van der Waals surface area (Å²) < 4.78 is 0. The van der Waals surface area contributed by atoms with Gasteiger partial charge >= 0.3 is 0 Å². The molecule has 0 fully saturated rings. The Labute approximate surface area is 151 Å². The molecule has 5 heteroatoms. The molecule has 1 aromatic heterocycles. The molecule has 0 bridgehead atoms. The fraction of sp³-hybridized carbons (Fsp3) is 0.474. The zero-order valence-electron chi connectivity index (χ0n) is 16.1. The van der Waals surface area contributed by atoms with E-state index in [4.69, 9.17) is 0 Å². The summed E-state index contributed by atoms with van der Waals surface area (Å²) in [5, 5.41) is 6.56. The maximum absolute atomic E-state index is 4.52. The highest BCUT2D eigenvalue weighted by Gasteiger charge is 2.04. The van der Waals surface area contributed by atoms with E-state index >= 15 is 0 Å². The van der Waals surface area contributed by atoms with E-state index in [1.807, 2.05) is 52.9 Å². The van der Waals surface area contributed by atoms with Crippen molar-refractivity contribution in [3.8, 4) is 0 Å². The van der Waals surface area contributed by atoms with E-state index in [1.54, 1.807) is 11.8 Å². The number of nitrogens with one attached hydrogen (secondary N) is 2. The second-order valence-electron chi connectivity index (χ2n) is 4.51. The minimum atomic E-state index is 0.668. The summed E-state index contributed by atoms with van der Waals surface area (Å²) in [7, 11) is 0. The van der Waals surface area contributed by atoms with Crippen LogP contribution in [0.5, 0.6) is 0 Å². The molecular weight excluding hydrogens is 316 g/mol. The molecule has 0 radical (unpaired) electrons. The molecule has 0 saturated heterocycles. The molecule has 0 saturated carbocycles. The first-order valence-electron chi connectivity index (χ1n) is 8.71. The van der Waals surface area contributed by atoms with Gasteiger partial charge in [-0.15, -0.1) is 11.8 Å². The first kappa shape index (κ1) is 22.2. The van der Waals surface area contributed by atoms with Gasteiger partial charge in [-0.05, 0) is 37.8 Å². The van der Waals surface area contributed by atoms with Crippen LogP contribution in [0, 0.1) is 6.92 Å². The van der Waals surface area contributed by atoms with Crippen molar-refractivity contribution in [1.82, 2.24) is 9.97 Å². The van der Waals surface area contributed by atoms with Gasteiger partial charge in [0, 0.05) is 28.9 Å². The number of rotatable bonds is 6. The number of benzene rings is 1. The summed E-state index contributed by atoms with van der Waals surface area (Å²) >= 11 is 1.73. The van der Waals surface area contributed by atoms with Gasteiger partial charge < -0.3 is 10.6 Å². The van der Waals surface area contributed by atoms with Crippen LogP contribution < -0.4 is 10.6 Å². The molecule has 4 nitrogen and oxygen atoms in total. The predicted octanol–water partition coefficient (Wildman–Crippen LogP) is 6.12. The third kappa shape index (κ3) is 7.68. The summed E-state index contributed by atoms with van der Waals surface area (Å²) in [5.41, 5.74) is 2.07. The normalized spacial score (nSPS) is 9.12. The number of thioether (sulfide) groups is 1.